The van der Waals surface area contributed by atoms with Gasteiger partial charge in [-0.15, -0.1) is 0 Å². The van der Waals surface area contributed by atoms with Gasteiger partial charge in [0.1, 0.15) is 5.82 Å². The Kier molecular flexibility index (Phi) is 4.10. The minimum Gasteiger partial charge on any atom is -0.376 e. The van der Waals surface area contributed by atoms with Crippen molar-refractivity contribution in [2.75, 3.05) is 13.2 Å². The second kappa shape index (κ2) is 5.89. The molecule has 2 heterocycles. The normalized spacial score (nSPS) is 19.2. The van der Waals surface area contributed by atoms with Crippen LogP contribution in [0, 0.1) is 0 Å². The molecule has 0 amide bonds. The molecule has 1 atom stereocenters. The van der Waals surface area contributed by atoms with Gasteiger partial charge in [0.15, 0.2) is 0 Å². The van der Waals surface area contributed by atoms with Crippen molar-refractivity contribution in [2.45, 2.75) is 38.1 Å². The van der Waals surface area contributed by atoms with Crippen LogP contribution in [0.2, 0.25) is 0 Å². The first-order chi connectivity index (χ1) is 10.5. The largest absolute Gasteiger partial charge is 0.416 e. The number of aromatic nitrogens is 2. The van der Waals surface area contributed by atoms with Crippen LogP contribution in [0.3, 0.4) is 0 Å². The number of halogens is 3. The van der Waals surface area contributed by atoms with Crippen LogP contribution >= 0.6 is 0 Å². The number of ether oxygens (including phenoxy) is 1. The minimum atomic E-state index is -4.36. The summed E-state index contributed by atoms with van der Waals surface area (Å²) in [5.41, 5.74) is 5.97. The lowest BCUT2D eigenvalue weighted by atomic mass is 10.2. The van der Waals surface area contributed by atoms with E-state index in [9.17, 15) is 13.2 Å². The number of alkyl halides is 3. The molecule has 22 heavy (non-hydrogen) atoms. The van der Waals surface area contributed by atoms with Gasteiger partial charge in [-0.25, -0.2) is 4.98 Å². The summed E-state index contributed by atoms with van der Waals surface area (Å²) in [7, 11) is 0. The summed E-state index contributed by atoms with van der Waals surface area (Å²) >= 11 is 0. The van der Waals surface area contributed by atoms with Crippen LogP contribution in [0.25, 0.3) is 11.0 Å². The predicted octanol–water partition coefficient (Wildman–Crippen LogP) is 2.74. The highest BCUT2D eigenvalue weighted by molar-refractivity contribution is 5.77. The number of imidazole rings is 1. The lowest BCUT2D eigenvalue weighted by Gasteiger charge is -2.14. The summed E-state index contributed by atoms with van der Waals surface area (Å²) in [6, 6.07) is 3.68. The smallest absolute Gasteiger partial charge is 0.376 e. The zero-order valence-corrected chi connectivity index (χ0v) is 12.1. The maximum Gasteiger partial charge on any atom is 0.416 e. The maximum absolute atomic E-state index is 12.8. The Bertz CT molecular complexity index is 660. The van der Waals surface area contributed by atoms with Gasteiger partial charge in [0.2, 0.25) is 0 Å². The average Bonchev–Trinajstić information content (AvgIpc) is 3.07. The highest BCUT2D eigenvalue weighted by Crippen LogP contribution is 2.32. The van der Waals surface area contributed by atoms with Crippen molar-refractivity contribution in [3.63, 3.8) is 0 Å². The van der Waals surface area contributed by atoms with Gasteiger partial charge >= 0.3 is 6.18 Å². The third-order valence-electron chi connectivity index (χ3n) is 3.93. The Morgan fingerprint density at radius 2 is 2.18 bits per heavy atom. The van der Waals surface area contributed by atoms with Gasteiger partial charge in [-0.2, -0.15) is 13.2 Å². The van der Waals surface area contributed by atoms with E-state index in [2.05, 4.69) is 4.98 Å². The molecular formula is C15H18F3N3O. The van der Waals surface area contributed by atoms with E-state index in [4.69, 9.17) is 10.5 Å². The van der Waals surface area contributed by atoms with E-state index in [1.165, 1.54) is 6.07 Å². The Labute approximate surface area is 126 Å². The molecule has 120 valence electrons. The fourth-order valence-electron chi connectivity index (χ4n) is 2.87. The zero-order valence-electron chi connectivity index (χ0n) is 12.1. The molecule has 1 unspecified atom stereocenters. The second-order valence-corrected chi connectivity index (χ2v) is 5.51. The molecule has 2 N–H and O–H groups in total. The van der Waals surface area contributed by atoms with Gasteiger partial charge in [-0.05, 0) is 37.6 Å². The topological polar surface area (TPSA) is 53.1 Å². The molecule has 0 radical (unpaired) electrons. The minimum absolute atomic E-state index is 0.0937. The molecule has 7 heteroatoms. The van der Waals surface area contributed by atoms with Crippen molar-refractivity contribution in [3.05, 3.63) is 29.6 Å². The quantitative estimate of drug-likeness (QED) is 0.944. The summed E-state index contributed by atoms with van der Waals surface area (Å²) in [5, 5.41) is 0. The SMILES string of the molecule is NCCc1nc2cc(C(F)(F)F)ccc2n1CC1CCCO1. The Hall–Kier alpha value is -1.60. The summed E-state index contributed by atoms with van der Waals surface area (Å²) in [6.45, 7) is 1.75. The number of rotatable bonds is 4. The van der Waals surface area contributed by atoms with Crippen LogP contribution in [0.5, 0.6) is 0 Å². The molecule has 3 rings (SSSR count). The van der Waals surface area contributed by atoms with E-state index in [1.54, 1.807) is 0 Å². The molecule has 0 bridgehead atoms. The van der Waals surface area contributed by atoms with Crippen LogP contribution in [-0.2, 0) is 23.9 Å². The van der Waals surface area contributed by atoms with Crippen LogP contribution in [0.15, 0.2) is 18.2 Å². The second-order valence-electron chi connectivity index (χ2n) is 5.51. The van der Waals surface area contributed by atoms with Gasteiger partial charge in [-0.1, -0.05) is 0 Å². The summed E-state index contributed by atoms with van der Waals surface area (Å²) in [4.78, 5) is 4.35. The van der Waals surface area contributed by atoms with Crippen LogP contribution in [0.4, 0.5) is 13.2 Å². The van der Waals surface area contributed by atoms with Crippen LogP contribution in [-0.4, -0.2) is 28.8 Å². The first-order valence-corrected chi connectivity index (χ1v) is 7.37. The Morgan fingerprint density at radius 3 is 2.82 bits per heavy atom. The van der Waals surface area contributed by atoms with Gasteiger partial charge in [0, 0.05) is 13.0 Å². The molecule has 0 aliphatic carbocycles. The number of nitrogens with two attached hydrogens (primary N) is 1. The molecule has 1 aliphatic rings. The van der Waals surface area contributed by atoms with E-state index < -0.39 is 11.7 Å². The molecule has 2 aromatic rings. The van der Waals surface area contributed by atoms with E-state index in [0.29, 0.717) is 36.4 Å². The molecule has 0 saturated carbocycles. The fourth-order valence-corrected chi connectivity index (χ4v) is 2.87. The highest BCUT2D eigenvalue weighted by atomic mass is 19.4. The summed E-state index contributed by atoms with van der Waals surface area (Å²) in [5.74, 6) is 0.715. The van der Waals surface area contributed by atoms with Crippen molar-refractivity contribution in [2.24, 2.45) is 5.73 Å². The van der Waals surface area contributed by atoms with E-state index in [1.807, 2.05) is 4.57 Å². The monoisotopic (exact) mass is 313 g/mol. The van der Waals surface area contributed by atoms with Crippen molar-refractivity contribution in [1.29, 1.82) is 0 Å². The van der Waals surface area contributed by atoms with E-state index in [0.717, 1.165) is 31.6 Å². The first-order valence-electron chi connectivity index (χ1n) is 7.37. The van der Waals surface area contributed by atoms with Crippen LogP contribution < -0.4 is 5.73 Å². The number of nitrogens with zero attached hydrogens (tertiary/aromatic N) is 2. The number of hydrogen-bond acceptors (Lipinski definition) is 3. The van der Waals surface area contributed by atoms with Gasteiger partial charge in [-0.3, -0.25) is 0 Å². The zero-order chi connectivity index (χ0) is 15.7. The van der Waals surface area contributed by atoms with Gasteiger partial charge < -0.3 is 15.0 Å². The molecule has 0 spiro atoms. The number of hydrogen-bond donors (Lipinski definition) is 1. The predicted molar refractivity (Wildman–Crippen MR) is 76.5 cm³/mol. The van der Waals surface area contributed by atoms with E-state index >= 15 is 0 Å². The lowest BCUT2D eigenvalue weighted by molar-refractivity contribution is -0.137. The summed E-state index contributed by atoms with van der Waals surface area (Å²) in [6.07, 6.45) is -1.76. The van der Waals surface area contributed by atoms with Crippen LogP contribution in [0.1, 0.15) is 24.2 Å². The fraction of sp³-hybridized carbons (Fsp3) is 0.533. The lowest BCUT2D eigenvalue weighted by Crippen LogP contribution is -2.18. The van der Waals surface area contributed by atoms with Crippen molar-refractivity contribution >= 4 is 11.0 Å². The summed E-state index contributed by atoms with van der Waals surface area (Å²) < 4.78 is 46.0. The standard InChI is InChI=1S/C15H18F3N3O/c16-15(17,18)10-3-4-13-12(8-10)20-14(5-6-19)21(13)9-11-2-1-7-22-11/h3-4,8,11H,1-2,5-7,9,19H2. The average molecular weight is 313 g/mol. The molecule has 1 saturated heterocycles. The van der Waals surface area contributed by atoms with Gasteiger partial charge in [0.25, 0.3) is 0 Å². The molecule has 1 aromatic heterocycles. The van der Waals surface area contributed by atoms with E-state index in [-0.39, 0.29) is 6.10 Å². The van der Waals surface area contributed by atoms with Crippen molar-refractivity contribution in [3.8, 4) is 0 Å². The Balaban J connectivity index is 2.01. The third-order valence-corrected chi connectivity index (χ3v) is 3.93. The van der Waals surface area contributed by atoms with Crippen molar-refractivity contribution in [1.82, 2.24) is 9.55 Å². The number of benzene rings is 1. The highest BCUT2D eigenvalue weighted by Gasteiger charge is 2.31. The molecule has 1 aromatic carbocycles. The molecule has 1 fully saturated rings. The first kappa shape index (κ1) is 15.3. The molecular weight excluding hydrogens is 295 g/mol. The van der Waals surface area contributed by atoms with Crippen molar-refractivity contribution < 1.29 is 17.9 Å². The number of fused-ring (bicyclic) bond motifs is 1. The maximum atomic E-state index is 12.8. The Morgan fingerprint density at radius 1 is 1.36 bits per heavy atom. The molecule has 1 aliphatic heterocycles. The molecule has 4 nitrogen and oxygen atoms in total. The third kappa shape index (κ3) is 2.96. The van der Waals surface area contributed by atoms with Gasteiger partial charge in [0.05, 0.1) is 29.2 Å².